The minimum atomic E-state index is 0.555. The lowest BCUT2D eigenvalue weighted by Gasteiger charge is -2.34. The van der Waals surface area contributed by atoms with E-state index in [-0.39, 0.29) is 0 Å². The molecule has 0 radical (unpaired) electrons. The van der Waals surface area contributed by atoms with Crippen molar-refractivity contribution in [2.75, 3.05) is 26.2 Å². The van der Waals surface area contributed by atoms with Gasteiger partial charge in [0.1, 0.15) is 12.4 Å². The van der Waals surface area contributed by atoms with E-state index in [4.69, 9.17) is 10.5 Å². The number of nitrogens with two attached hydrogens (primary N) is 1. The molecule has 1 aromatic rings. The van der Waals surface area contributed by atoms with Gasteiger partial charge in [-0.2, -0.15) is 0 Å². The van der Waals surface area contributed by atoms with Crippen LogP contribution in [0.4, 0.5) is 0 Å². The summed E-state index contributed by atoms with van der Waals surface area (Å²) in [5.74, 6) is 0.969. The average molecular weight is 248 g/mol. The summed E-state index contributed by atoms with van der Waals surface area (Å²) in [4.78, 5) is 2.47. The zero-order valence-electron chi connectivity index (χ0n) is 11.3. The Morgan fingerprint density at radius 1 is 1.39 bits per heavy atom. The number of hydrogen-bond acceptors (Lipinski definition) is 3. The van der Waals surface area contributed by atoms with Crippen LogP contribution in [-0.2, 0) is 0 Å². The fraction of sp³-hybridized carbons (Fsp3) is 0.600. The van der Waals surface area contributed by atoms with Gasteiger partial charge in [-0.3, -0.25) is 4.90 Å². The van der Waals surface area contributed by atoms with Crippen molar-refractivity contribution in [3.63, 3.8) is 0 Å². The highest BCUT2D eigenvalue weighted by molar-refractivity contribution is 5.27. The maximum Gasteiger partial charge on any atom is 0.119 e. The Morgan fingerprint density at radius 2 is 2.28 bits per heavy atom. The van der Waals surface area contributed by atoms with Gasteiger partial charge in [0.15, 0.2) is 0 Å². The minimum absolute atomic E-state index is 0.555. The number of rotatable bonds is 5. The molecule has 1 unspecified atom stereocenters. The van der Waals surface area contributed by atoms with Crippen LogP contribution in [0.15, 0.2) is 24.3 Å². The standard InChI is InChI=1S/C15H24N2O/c1-13-5-4-7-15(11-13)18-10-9-17-8-3-2-6-14(17)12-16/h4-5,7,11,14H,2-3,6,8-10,12,16H2,1H3. The summed E-state index contributed by atoms with van der Waals surface area (Å²) < 4.78 is 5.80. The van der Waals surface area contributed by atoms with E-state index in [2.05, 4.69) is 24.0 Å². The second-order valence-corrected chi connectivity index (χ2v) is 5.09. The van der Waals surface area contributed by atoms with E-state index in [1.807, 2.05) is 12.1 Å². The van der Waals surface area contributed by atoms with E-state index in [1.54, 1.807) is 0 Å². The molecule has 0 saturated carbocycles. The van der Waals surface area contributed by atoms with Crippen molar-refractivity contribution >= 4 is 0 Å². The van der Waals surface area contributed by atoms with E-state index in [9.17, 15) is 0 Å². The van der Waals surface area contributed by atoms with Crippen molar-refractivity contribution in [3.05, 3.63) is 29.8 Å². The van der Waals surface area contributed by atoms with Gasteiger partial charge in [-0.25, -0.2) is 0 Å². The Hall–Kier alpha value is -1.06. The molecule has 2 N–H and O–H groups in total. The van der Waals surface area contributed by atoms with Crippen LogP contribution in [0, 0.1) is 6.92 Å². The highest BCUT2D eigenvalue weighted by atomic mass is 16.5. The molecule has 0 spiro atoms. The van der Waals surface area contributed by atoms with E-state index < -0.39 is 0 Å². The molecule has 1 fully saturated rings. The molecule has 2 rings (SSSR count). The fourth-order valence-electron chi connectivity index (χ4n) is 2.61. The van der Waals surface area contributed by atoms with Crippen molar-refractivity contribution in [2.45, 2.75) is 32.2 Å². The lowest BCUT2D eigenvalue weighted by molar-refractivity contribution is 0.127. The monoisotopic (exact) mass is 248 g/mol. The molecule has 0 bridgehead atoms. The van der Waals surface area contributed by atoms with Gasteiger partial charge in [0.25, 0.3) is 0 Å². The largest absolute Gasteiger partial charge is 0.492 e. The molecule has 18 heavy (non-hydrogen) atoms. The maximum atomic E-state index is 5.81. The third-order valence-corrected chi connectivity index (χ3v) is 3.66. The first-order valence-corrected chi connectivity index (χ1v) is 6.93. The molecule has 1 aromatic carbocycles. The molecule has 3 nitrogen and oxygen atoms in total. The molecule has 0 aliphatic carbocycles. The Bertz CT molecular complexity index is 367. The van der Waals surface area contributed by atoms with Crippen molar-refractivity contribution in [1.82, 2.24) is 4.90 Å². The summed E-state index contributed by atoms with van der Waals surface area (Å²) in [6.45, 7) is 5.75. The Kier molecular flexibility index (Phi) is 5.02. The van der Waals surface area contributed by atoms with Crippen LogP contribution in [-0.4, -0.2) is 37.2 Å². The Morgan fingerprint density at radius 3 is 3.06 bits per heavy atom. The molecule has 100 valence electrons. The number of aryl methyl sites for hydroxylation is 1. The van der Waals surface area contributed by atoms with Gasteiger partial charge in [-0.05, 0) is 44.0 Å². The first kappa shape index (κ1) is 13.4. The van der Waals surface area contributed by atoms with Crippen LogP contribution in [0.5, 0.6) is 5.75 Å². The van der Waals surface area contributed by atoms with Gasteiger partial charge < -0.3 is 10.5 Å². The molecule has 0 aromatic heterocycles. The summed E-state index contributed by atoms with van der Waals surface area (Å²) in [6, 6.07) is 8.77. The second kappa shape index (κ2) is 6.76. The smallest absolute Gasteiger partial charge is 0.119 e. The molecule has 1 atom stereocenters. The van der Waals surface area contributed by atoms with Crippen LogP contribution >= 0.6 is 0 Å². The van der Waals surface area contributed by atoms with Crippen LogP contribution in [0.2, 0.25) is 0 Å². The highest BCUT2D eigenvalue weighted by Gasteiger charge is 2.20. The minimum Gasteiger partial charge on any atom is -0.492 e. The Labute approximate surface area is 110 Å². The lowest BCUT2D eigenvalue weighted by atomic mass is 10.0. The summed E-state index contributed by atoms with van der Waals surface area (Å²) in [5.41, 5.74) is 7.05. The maximum absolute atomic E-state index is 5.81. The summed E-state index contributed by atoms with van der Waals surface area (Å²) in [5, 5.41) is 0. The van der Waals surface area contributed by atoms with Crippen molar-refractivity contribution in [2.24, 2.45) is 5.73 Å². The van der Waals surface area contributed by atoms with Gasteiger partial charge in [-0.1, -0.05) is 18.6 Å². The van der Waals surface area contributed by atoms with E-state index in [1.165, 1.54) is 31.4 Å². The predicted molar refractivity (Wildman–Crippen MR) is 74.9 cm³/mol. The first-order valence-electron chi connectivity index (χ1n) is 6.93. The van der Waals surface area contributed by atoms with Gasteiger partial charge in [-0.15, -0.1) is 0 Å². The fourth-order valence-corrected chi connectivity index (χ4v) is 2.61. The van der Waals surface area contributed by atoms with Crippen LogP contribution in [0.25, 0.3) is 0 Å². The number of nitrogens with zero attached hydrogens (tertiary/aromatic N) is 1. The van der Waals surface area contributed by atoms with Crippen LogP contribution in [0.1, 0.15) is 24.8 Å². The molecule has 1 heterocycles. The van der Waals surface area contributed by atoms with Crippen molar-refractivity contribution in [1.29, 1.82) is 0 Å². The number of piperidine rings is 1. The first-order chi connectivity index (χ1) is 8.79. The van der Waals surface area contributed by atoms with Crippen LogP contribution < -0.4 is 10.5 Å². The number of ether oxygens (including phenoxy) is 1. The third kappa shape index (κ3) is 3.72. The lowest BCUT2D eigenvalue weighted by Crippen LogP contribution is -2.45. The third-order valence-electron chi connectivity index (χ3n) is 3.66. The van der Waals surface area contributed by atoms with Crippen molar-refractivity contribution < 1.29 is 4.74 Å². The second-order valence-electron chi connectivity index (χ2n) is 5.09. The number of likely N-dealkylation sites (tertiary alicyclic amines) is 1. The quantitative estimate of drug-likeness (QED) is 0.868. The van der Waals surface area contributed by atoms with Crippen molar-refractivity contribution in [3.8, 4) is 5.75 Å². The molecule has 1 aliphatic rings. The summed E-state index contributed by atoms with van der Waals surface area (Å²) in [6.07, 6.45) is 3.85. The number of hydrogen-bond donors (Lipinski definition) is 1. The molecule has 1 saturated heterocycles. The van der Waals surface area contributed by atoms with Gasteiger partial charge in [0, 0.05) is 19.1 Å². The van der Waals surface area contributed by atoms with Crippen LogP contribution in [0.3, 0.4) is 0 Å². The molecular weight excluding hydrogens is 224 g/mol. The van der Waals surface area contributed by atoms with E-state index >= 15 is 0 Å². The predicted octanol–water partition coefficient (Wildman–Crippen LogP) is 2.19. The normalized spacial score (nSPS) is 20.9. The summed E-state index contributed by atoms with van der Waals surface area (Å²) in [7, 11) is 0. The molecule has 0 amide bonds. The number of benzene rings is 1. The molecular formula is C15H24N2O. The topological polar surface area (TPSA) is 38.5 Å². The SMILES string of the molecule is Cc1cccc(OCCN2CCCCC2CN)c1. The van der Waals surface area contributed by atoms with Gasteiger partial charge in [0.2, 0.25) is 0 Å². The average Bonchev–Trinajstić information content (AvgIpc) is 2.39. The van der Waals surface area contributed by atoms with Gasteiger partial charge in [0.05, 0.1) is 0 Å². The summed E-state index contributed by atoms with van der Waals surface area (Å²) >= 11 is 0. The zero-order chi connectivity index (χ0) is 12.8. The van der Waals surface area contributed by atoms with E-state index in [0.717, 1.165) is 25.4 Å². The van der Waals surface area contributed by atoms with Gasteiger partial charge >= 0.3 is 0 Å². The highest BCUT2D eigenvalue weighted by Crippen LogP contribution is 2.16. The van der Waals surface area contributed by atoms with E-state index in [0.29, 0.717) is 6.04 Å². The Balaban J connectivity index is 1.77. The zero-order valence-corrected chi connectivity index (χ0v) is 11.3. The molecule has 1 aliphatic heterocycles. The molecule has 3 heteroatoms.